The Morgan fingerprint density at radius 1 is 1.12 bits per heavy atom. The zero-order valence-electron chi connectivity index (χ0n) is 22.0. The minimum atomic E-state index is -4.59. The highest BCUT2D eigenvalue weighted by atomic mass is 35.5. The molecule has 2 N–H and O–H groups in total. The van der Waals surface area contributed by atoms with Crippen molar-refractivity contribution in [2.45, 2.75) is 37.9 Å². The molecule has 1 aromatic carbocycles. The summed E-state index contributed by atoms with van der Waals surface area (Å²) in [6.45, 7) is 2.11. The van der Waals surface area contributed by atoms with Crippen LogP contribution in [0.2, 0.25) is 0 Å². The van der Waals surface area contributed by atoms with Crippen molar-refractivity contribution in [2.24, 2.45) is 5.92 Å². The van der Waals surface area contributed by atoms with Gasteiger partial charge in [0.25, 0.3) is 5.91 Å². The van der Waals surface area contributed by atoms with Crippen molar-refractivity contribution >= 4 is 64.5 Å². The van der Waals surface area contributed by atoms with E-state index in [1.807, 2.05) is 7.05 Å². The summed E-state index contributed by atoms with van der Waals surface area (Å²) in [5.41, 5.74) is 2.61. The number of nitrogens with zero attached hydrogens (tertiary/aromatic N) is 6. The Labute approximate surface area is 250 Å². The number of hydrogen-bond donors (Lipinski definition) is 2. The van der Waals surface area contributed by atoms with E-state index in [1.165, 1.54) is 15.9 Å². The lowest BCUT2D eigenvalue weighted by atomic mass is 9.97. The lowest BCUT2D eigenvalue weighted by molar-refractivity contribution is -0.147. The van der Waals surface area contributed by atoms with Crippen LogP contribution in [0.1, 0.15) is 48.0 Å². The minimum Gasteiger partial charge on any atom is -0.368 e. The average molecular weight is 630 g/mol. The van der Waals surface area contributed by atoms with Gasteiger partial charge in [-0.25, -0.2) is 9.97 Å². The molecule has 1 atom stereocenters. The Kier molecular flexibility index (Phi) is 9.42. The van der Waals surface area contributed by atoms with E-state index in [0.29, 0.717) is 53.7 Å². The molecule has 2 fully saturated rings. The Morgan fingerprint density at radius 3 is 2.61 bits per heavy atom. The summed E-state index contributed by atoms with van der Waals surface area (Å²) in [6.07, 6.45) is 1.82. The maximum atomic E-state index is 14.1. The number of hydrogen-bond acceptors (Lipinski definition) is 8. The highest BCUT2D eigenvalue weighted by Crippen LogP contribution is 2.46. The molecule has 1 amide bonds. The third kappa shape index (κ3) is 6.27. The quantitative estimate of drug-likeness (QED) is 0.265. The van der Waals surface area contributed by atoms with Crippen LogP contribution in [-0.4, -0.2) is 57.3 Å². The Bertz CT molecular complexity index is 1510. The Hall–Kier alpha value is -3.00. The third-order valence-corrected chi connectivity index (χ3v) is 8.04. The summed E-state index contributed by atoms with van der Waals surface area (Å²) >= 11 is 1.30. The fourth-order valence-electron chi connectivity index (χ4n) is 5.31. The first-order chi connectivity index (χ1) is 18.8. The van der Waals surface area contributed by atoms with E-state index in [1.54, 1.807) is 36.0 Å². The van der Waals surface area contributed by atoms with Gasteiger partial charge >= 0.3 is 6.18 Å². The van der Waals surface area contributed by atoms with E-state index in [-0.39, 0.29) is 42.1 Å². The average Bonchev–Trinajstić information content (AvgIpc) is 3.49. The molecule has 0 unspecified atom stereocenters. The van der Waals surface area contributed by atoms with E-state index >= 15 is 0 Å². The third-order valence-electron chi connectivity index (χ3n) is 7.15. The van der Waals surface area contributed by atoms with Gasteiger partial charge in [-0.15, -0.1) is 36.2 Å². The molecule has 1 saturated heterocycles. The molecule has 1 aliphatic carbocycles. The van der Waals surface area contributed by atoms with Crippen molar-refractivity contribution < 1.29 is 18.0 Å². The monoisotopic (exact) mass is 628 g/mol. The van der Waals surface area contributed by atoms with Gasteiger partial charge in [-0.3, -0.25) is 4.79 Å². The maximum absolute atomic E-state index is 14.1. The summed E-state index contributed by atoms with van der Waals surface area (Å²) in [4.78, 5) is 24.0. The second-order valence-electron chi connectivity index (χ2n) is 10.00. The number of anilines is 2. The van der Waals surface area contributed by atoms with Gasteiger partial charge in [0.1, 0.15) is 16.2 Å². The summed E-state index contributed by atoms with van der Waals surface area (Å²) in [6, 6.07) is 4.87. The number of benzene rings is 1. The second-order valence-corrected chi connectivity index (χ2v) is 10.9. The molecule has 9 nitrogen and oxygen atoms in total. The van der Waals surface area contributed by atoms with Gasteiger partial charge in [0.05, 0.1) is 29.3 Å². The predicted molar refractivity (Wildman–Crippen MR) is 157 cm³/mol. The van der Waals surface area contributed by atoms with Crippen LogP contribution >= 0.6 is 36.2 Å². The van der Waals surface area contributed by atoms with E-state index in [2.05, 4.69) is 35.7 Å². The van der Waals surface area contributed by atoms with Crippen LogP contribution in [0.5, 0.6) is 0 Å². The normalized spacial score (nSPS) is 17.2. The van der Waals surface area contributed by atoms with Crippen LogP contribution in [0.15, 0.2) is 36.0 Å². The van der Waals surface area contributed by atoms with Gasteiger partial charge in [0.2, 0.25) is 5.82 Å². The molecule has 6 rings (SSSR count). The molecular weight excluding hydrogens is 600 g/mol. The van der Waals surface area contributed by atoms with Crippen molar-refractivity contribution in [1.29, 1.82) is 0 Å². The molecule has 4 heterocycles. The Balaban J connectivity index is 0.00000194. The fraction of sp³-hybridized carbons (Fsp3) is 0.423. The van der Waals surface area contributed by atoms with Gasteiger partial charge < -0.3 is 20.1 Å². The molecule has 41 heavy (non-hydrogen) atoms. The molecule has 0 spiro atoms. The number of rotatable bonds is 7. The van der Waals surface area contributed by atoms with Crippen molar-refractivity contribution in [1.82, 2.24) is 30.0 Å². The number of carbonyl (C=O) groups excluding carboxylic acids is 1. The zero-order chi connectivity index (χ0) is 27.1. The standard InChI is InChI=1S/C26H27F3N8OS.2ClH/c1-30-11-15-3-2-10-36(13-15)22-18(33-23(38)19-14-39-24(34-19)16-8-9-31-32-12-16)6-7-20-21(22)35-25(26(27,28)29)37(20)17-4-5-17;;/h6-9,12,14-15,17,30H,2-5,10-11,13H2,1H3,(H,33,38);2*1H/t15-;;/m0../s1. The predicted octanol–water partition coefficient (Wildman–Crippen LogP) is 5.84. The number of aromatic nitrogens is 5. The van der Waals surface area contributed by atoms with Crippen molar-refractivity contribution in [3.8, 4) is 10.6 Å². The molecule has 0 radical (unpaired) electrons. The minimum absolute atomic E-state index is 0. The highest BCUT2D eigenvalue weighted by molar-refractivity contribution is 7.13. The first kappa shape index (κ1) is 30.9. The van der Waals surface area contributed by atoms with Gasteiger partial charge in [-0.2, -0.15) is 23.4 Å². The lowest BCUT2D eigenvalue weighted by Gasteiger charge is -2.35. The summed E-state index contributed by atoms with van der Waals surface area (Å²) < 4.78 is 43.6. The van der Waals surface area contributed by atoms with Crippen LogP contribution in [0.25, 0.3) is 21.6 Å². The van der Waals surface area contributed by atoms with Gasteiger partial charge in [0.15, 0.2) is 0 Å². The van der Waals surface area contributed by atoms with Crippen molar-refractivity contribution in [3.63, 3.8) is 0 Å². The molecule has 1 aliphatic heterocycles. The number of amides is 1. The number of thiazole rings is 1. The first-order valence-electron chi connectivity index (χ1n) is 12.9. The molecule has 4 aromatic rings. The molecule has 220 valence electrons. The second kappa shape index (κ2) is 12.5. The molecular formula is C26H29Cl2F3N8OS. The number of nitrogens with one attached hydrogen (secondary N) is 2. The number of carbonyl (C=O) groups is 1. The zero-order valence-corrected chi connectivity index (χ0v) is 24.5. The highest BCUT2D eigenvalue weighted by Gasteiger charge is 2.42. The molecule has 15 heteroatoms. The Morgan fingerprint density at radius 2 is 1.93 bits per heavy atom. The van der Waals surface area contributed by atoms with Crippen LogP contribution in [0.4, 0.5) is 24.5 Å². The van der Waals surface area contributed by atoms with Crippen molar-refractivity contribution in [2.75, 3.05) is 36.9 Å². The van der Waals surface area contributed by atoms with E-state index in [9.17, 15) is 18.0 Å². The number of imidazole rings is 1. The summed E-state index contributed by atoms with van der Waals surface area (Å²) in [5, 5.41) is 16.0. The maximum Gasteiger partial charge on any atom is 0.449 e. The molecule has 1 saturated carbocycles. The largest absolute Gasteiger partial charge is 0.449 e. The number of halogens is 5. The topological polar surface area (TPSA) is 101 Å². The van der Waals surface area contributed by atoms with E-state index < -0.39 is 17.9 Å². The molecule has 2 aliphatic rings. The smallest absolute Gasteiger partial charge is 0.368 e. The summed E-state index contributed by atoms with van der Waals surface area (Å²) in [5.74, 6) is -1.00. The van der Waals surface area contributed by atoms with Crippen LogP contribution in [0.3, 0.4) is 0 Å². The van der Waals surface area contributed by atoms with E-state index in [0.717, 1.165) is 24.9 Å². The SMILES string of the molecule is CNC[C@@H]1CCCN(c2c(NC(=O)c3csc(-c4ccnnc4)n3)ccc3c2nc(C(F)(F)F)n3C2CC2)C1.Cl.Cl. The fourth-order valence-corrected chi connectivity index (χ4v) is 6.10. The summed E-state index contributed by atoms with van der Waals surface area (Å²) in [7, 11) is 1.89. The first-order valence-corrected chi connectivity index (χ1v) is 13.8. The lowest BCUT2D eigenvalue weighted by Crippen LogP contribution is -2.39. The van der Waals surface area contributed by atoms with E-state index in [4.69, 9.17) is 0 Å². The van der Waals surface area contributed by atoms with Crippen LogP contribution in [-0.2, 0) is 6.18 Å². The van der Waals surface area contributed by atoms with Gasteiger partial charge in [0, 0.05) is 30.1 Å². The number of fused-ring (bicyclic) bond motifs is 1. The van der Waals surface area contributed by atoms with Crippen LogP contribution < -0.4 is 15.5 Å². The molecule has 3 aromatic heterocycles. The number of piperidine rings is 1. The van der Waals surface area contributed by atoms with Gasteiger partial charge in [-0.05, 0) is 63.4 Å². The number of alkyl halides is 3. The van der Waals surface area contributed by atoms with Gasteiger partial charge in [-0.1, -0.05) is 0 Å². The van der Waals surface area contributed by atoms with Crippen LogP contribution in [0, 0.1) is 5.92 Å². The molecule has 0 bridgehead atoms. The van der Waals surface area contributed by atoms with Crippen molar-refractivity contribution in [3.05, 3.63) is 47.5 Å².